The van der Waals surface area contributed by atoms with E-state index in [-0.39, 0.29) is 22.1 Å². The molecule has 0 unspecified atom stereocenters. The largest absolute Gasteiger partial charge is 0.397 e. The molecule has 0 saturated heterocycles. The molecular formula is C13H14ClFN4. The molecule has 0 saturated carbocycles. The van der Waals surface area contributed by atoms with Crippen molar-refractivity contribution in [1.29, 1.82) is 0 Å². The monoisotopic (exact) mass is 280 g/mol. The van der Waals surface area contributed by atoms with Gasteiger partial charge in [0, 0.05) is 18.4 Å². The molecule has 4 nitrogen and oxygen atoms in total. The molecule has 0 spiro atoms. The van der Waals surface area contributed by atoms with E-state index in [1.54, 1.807) is 6.20 Å². The van der Waals surface area contributed by atoms with Crippen molar-refractivity contribution >= 4 is 28.7 Å². The molecule has 0 radical (unpaired) electrons. The maximum absolute atomic E-state index is 13.9. The molecule has 0 aliphatic heterocycles. The number of anilines is 3. The van der Waals surface area contributed by atoms with Gasteiger partial charge in [0.2, 0.25) is 0 Å². The number of hydrogen-bond donors (Lipinski definition) is 3. The molecule has 1 aromatic heterocycles. The van der Waals surface area contributed by atoms with E-state index in [2.05, 4.69) is 10.3 Å². The number of benzene rings is 1. The van der Waals surface area contributed by atoms with Crippen LogP contribution in [0.5, 0.6) is 0 Å². The zero-order chi connectivity index (χ0) is 14.0. The maximum atomic E-state index is 13.9. The summed E-state index contributed by atoms with van der Waals surface area (Å²) in [5.41, 5.74) is 13.6. The molecule has 0 bridgehead atoms. The minimum Gasteiger partial charge on any atom is -0.397 e. The fourth-order valence-corrected chi connectivity index (χ4v) is 1.79. The number of hydrogen-bond acceptors (Lipinski definition) is 4. The van der Waals surface area contributed by atoms with Crippen LogP contribution in [0.25, 0.3) is 0 Å². The Kier molecular flexibility index (Phi) is 3.76. The smallest absolute Gasteiger partial charge is 0.169 e. The quantitative estimate of drug-likeness (QED) is 0.756. The Bertz CT molecular complexity index is 599. The lowest BCUT2D eigenvalue weighted by molar-refractivity contribution is 0.632. The first-order chi connectivity index (χ1) is 8.99. The van der Waals surface area contributed by atoms with Crippen LogP contribution in [0.15, 0.2) is 24.4 Å². The average molecular weight is 281 g/mol. The van der Waals surface area contributed by atoms with Gasteiger partial charge in [0.05, 0.1) is 17.1 Å². The van der Waals surface area contributed by atoms with E-state index in [1.807, 2.05) is 19.1 Å². The number of nitrogens with one attached hydrogen (secondary N) is 1. The first-order valence-electron chi connectivity index (χ1n) is 5.67. The van der Waals surface area contributed by atoms with E-state index in [4.69, 9.17) is 23.1 Å². The molecule has 0 aliphatic rings. The van der Waals surface area contributed by atoms with Gasteiger partial charge in [-0.1, -0.05) is 17.7 Å². The van der Waals surface area contributed by atoms with Gasteiger partial charge in [0.25, 0.3) is 0 Å². The minimum absolute atomic E-state index is 0.124. The van der Waals surface area contributed by atoms with Gasteiger partial charge in [-0.15, -0.1) is 0 Å². The third kappa shape index (κ3) is 2.88. The van der Waals surface area contributed by atoms with E-state index in [9.17, 15) is 4.39 Å². The molecule has 0 fully saturated rings. The van der Waals surface area contributed by atoms with Crippen molar-refractivity contribution in [3.8, 4) is 0 Å². The summed E-state index contributed by atoms with van der Waals surface area (Å²) < 4.78 is 13.9. The second kappa shape index (κ2) is 5.32. The van der Waals surface area contributed by atoms with Crippen molar-refractivity contribution in [1.82, 2.24) is 4.98 Å². The van der Waals surface area contributed by atoms with Crippen LogP contribution in [0.4, 0.5) is 21.5 Å². The summed E-state index contributed by atoms with van der Waals surface area (Å²) in [5.74, 6) is -0.640. The third-order valence-corrected chi connectivity index (χ3v) is 3.09. The highest BCUT2D eigenvalue weighted by molar-refractivity contribution is 6.33. The normalized spacial score (nSPS) is 10.5. The summed E-state index contributed by atoms with van der Waals surface area (Å²) in [6.07, 6.45) is 1.72. The fraction of sp³-hybridized carbons (Fsp3) is 0.154. The van der Waals surface area contributed by atoms with Crippen molar-refractivity contribution < 1.29 is 4.39 Å². The molecule has 2 aromatic rings. The Hall–Kier alpha value is -2.01. The van der Waals surface area contributed by atoms with Crippen molar-refractivity contribution in [3.63, 3.8) is 0 Å². The Labute approximate surface area is 115 Å². The SMILES string of the molecule is Cc1ccc(CNc2c(N)cc(N)c(Cl)c2F)cn1. The highest BCUT2D eigenvalue weighted by Gasteiger charge is 2.13. The van der Waals surface area contributed by atoms with Crippen molar-refractivity contribution in [3.05, 3.63) is 46.5 Å². The topological polar surface area (TPSA) is 77.0 Å². The predicted molar refractivity (Wildman–Crippen MR) is 76.5 cm³/mol. The standard InChI is InChI=1S/C13H14ClFN4/c1-7-2-3-8(5-18-7)6-19-13-10(17)4-9(16)11(14)12(13)15/h2-5,19H,6,16-17H2,1H3. The highest BCUT2D eigenvalue weighted by Crippen LogP contribution is 2.33. The average Bonchev–Trinajstić information content (AvgIpc) is 2.38. The summed E-state index contributed by atoms with van der Waals surface area (Å²) >= 11 is 5.75. The molecule has 0 amide bonds. The lowest BCUT2D eigenvalue weighted by Gasteiger charge is -2.13. The van der Waals surface area contributed by atoms with Gasteiger partial charge in [0.1, 0.15) is 5.02 Å². The number of halogens is 2. The number of rotatable bonds is 3. The van der Waals surface area contributed by atoms with Gasteiger partial charge in [0.15, 0.2) is 5.82 Å². The van der Waals surface area contributed by atoms with Gasteiger partial charge >= 0.3 is 0 Å². The van der Waals surface area contributed by atoms with Crippen LogP contribution >= 0.6 is 11.6 Å². The molecule has 6 heteroatoms. The second-order valence-electron chi connectivity index (χ2n) is 4.22. The van der Waals surface area contributed by atoms with Gasteiger partial charge in [-0.25, -0.2) is 4.39 Å². The second-order valence-corrected chi connectivity index (χ2v) is 4.60. The van der Waals surface area contributed by atoms with Crippen molar-refractivity contribution in [2.24, 2.45) is 0 Å². The number of nitrogen functional groups attached to an aromatic ring is 2. The maximum Gasteiger partial charge on any atom is 0.169 e. The van der Waals surface area contributed by atoms with Crippen molar-refractivity contribution in [2.45, 2.75) is 13.5 Å². The van der Waals surface area contributed by atoms with E-state index in [0.717, 1.165) is 11.3 Å². The predicted octanol–water partition coefficient (Wildman–Crippen LogP) is 2.96. The summed E-state index contributed by atoms with van der Waals surface area (Å²) in [7, 11) is 0. The van der Waals surface area contributed by atoms with Crippen LogP contribution < -0.4 is 16.8 Å². The Morgan fingerprint density at radius 1 is 1.32 bits per heavy atom. The molecule has 1 aromatic carbocycles. The number of nitrogens with zero attached hydrogens (tertiary/aromatic N) is 1. The summed E-state index contributed by atoms with van der Waals surface area (Å²) in [6.45, 7) is 2.29. The van der Waals surface area contributed by atoms with Gasteiger partial charge in [-0.2, -0.15) is 0 Å². The highest BCUT2D eigenvalue weighted by atomic mass is 35.5. The van der Waals surface area contributed by atoms with Crippen LogP contribution in [-0.4, -0.2) is 4.98 Å². The molecular weight excluding hydrogens is 267 g/mol. The molecule has 5 N–H and O–H groups in total. The molecule has 1 heterocycles. The van der Waals surface area contributed by atoms with Crippen LogP contribution in [0.1, 0.15) is 11.3 Å². The molecule has 19 heavy (non-hydrogen) atoms. The van der Waals surface area contributed by atoms with Crippen LogP contribution in [0.2, 0.25) is 5.02 Å². The van der Waals surface area contributed by atoms with E-state index >= 15 is 0 Å². The Balaban J connectivity index is 2.20. The van der Waals surface area contributed by atoms with E-state index in [1.165, 1.54) is 6.07 Å². The minimum atomic E-state index is -0.640. The van der Waals surface area contributed by atoms with Crippen molar-refractivity contribution in [2.75, 3.05) is 16.8 Å². The first-order valence-corrected chi connectivity index (χ1v) is 6.05. The van der Waals surface area contributed by atoms with Crippen LogP contribution in [0, 0.1) is 12.7 Å². The lowest BCUT2D eigenvalue weighted by Crippen LogP contribution is -2.07. The fourth-order valence-electron chi connectivity index (χ4n) is 1.64. The van der Waals surface area contributed by atoms with Gasteiger partial charge < -0.3 is 16.8 Å². The number of nitrogens with two attached hydrogens (primary N) is 2. The Morgan fingerprint density at radius 3 is 2.68 bits per heavy atom. The summed E-state index contributed by atoms with van der Waals surface area (Å²) in [6, 6.07) is 5.22. The van der Waals surface area contributed by atoms with Crippen LogP contribution in [-0.2, 0) is 6.54 Å². The molecule has 2 rings (SSSR count). The third-order valence-electron chi connectivity index (χ3n) is 2.71. The first kappa shape index (κ1) is 13.4. The van der Waals surface area contributed by atoms with Crippen LogP contribution in [0.3, 0.4) is 0 Å². The Morgan fingerprint density at radius 2 is 2.05 bits per heavy atom. The number of aromatic nitrogens is 1. The van der Waals surface area contributed by atoms with E-state index in [0.29, 0.717) is 6.54 Å². The van der Waals surface area contributed by atoms with Gasteiger partial charge in [-0.3, -0.25) is 4.98 Å². The summed E-state index contributed by atoms with van der Waals surface area (Å²) in [5, 5.41) is 2.78. The molecule has 100 valence electrons. The number of aryl methyl sites for hydroxylation is 1. The zero-order valence-corrected chi connectivity index (χ0v) is 11.1. The molecule has 0 atom stereocenters. The lowest BCUT2D eigenvalue weighted by atomic mass is 10.2. The van der Waals surface area contributed by atoms with E-state index < -0.39 is 5.82 Å². The van der Waals surface area contributed by atoms with Gasteiger partial charge in [-0.05, 0) is 24.6 Å². The number of pyridine rings is 1. The zero-order valence-electron chi connectivity index (χ0n) is 10.4. The summed E-state index contributed by atoms with van der Waals surface area (Å²) in [4.78, 5) is 4.16. The molecule has 0 aliphatic carbocycles.